The van der Waals surface area contributed by atoms with E-state index in [-0.39, 0.29) is 23.7 Å². The highest BCUT2D eigenvalue weighted by atomic mass is 16.4. The molecule has 3 amide bonds. The third-order valence-electron chi connectivity index (χ3n) is 2.76. The van der Waals surface area contributed by atoms with Crippen molar-refractivity contribution in [2.45, 2.75) is 6.92 Å². The molecule has 0 fully saturated rings. The minimum absolute atomic E-state index is 0.0992. The normalized spacial score (nSPS) is 9.81. The molecule has 1 aromatic rings. The second kappa shape index (κ2) is 7.13. The van der Waals surface area contributed by atoms with Crippen molar-refractivity contribution in [3.8, 4) is 5.75 Å². The van der Waals surface area contributed by atoms with Crippen molar-refractivity contribution < 1.29 is 24.6 Å². The van der Waals surface area contributed by atoms with Crippen molar-refractivity contribution in [3.05, 3.63) is 23.8 Å². The average molecular weight is 295 g/mol. The summed E-state index contributed by atoms with van der Waals surface area (Å²) < 4.78 is 0. The van der Waals surface area contributed by atoms with Crippen LogP contribution in [-0.4, -0.2) is 53.2 Å². The third kappa shape index (κ3) is 4.37. The van der Waals surface area contributed by atoms with Crippen molar-refractivity contribution >= 4 is 23.6 Å². The number of amides is 3. The van der Waals surface area contributed by atoms with Gasteiger partial charge >= 0.3 is 12.0 Å². The number of carbonyl (C=O) groups excluding carboxylic acids is 2. The molecule has 114 valence electrons. The number of nitrogens with zero attached hydrogens (tertiary/aromatic N) is 1. The predicted octanol–water partition coefficient (Wildman–Crippen LogP) is 0.690. The zero-order valence-electron chi connectivity index (χ0n) is 11.7. The largest absolute Gasteiger partial charge is 0.507 e. The topological polar surface area (TPSA) is 119 Å². The summed E-state index contributed by atoms with van der Waals surface area (Å²) in [7, 11) is 1.47. The lowest BCUT2D eigenvalue weighted by Crippen LogP contribution is -2.41. The van der Waals surface area contributed by atoms with Crippen LogP contribution in [0.15, 0.2) is 18.2 Å². The van der Waals surface area contributed by atoms with Crippen LogP contribution in [0.2, 0.25) is 0 Å². The molecule has 0 radical (unpaired) electrons. The summed E-state index contributed by atoms with van der Waals surface area (Å²) in [6.45, 7) is 1.93. The molecule has 0 atom stereocenters. The van der Waals surface area contributed by atoms with E-state index in [1.165, 1.54) is 24.1 Å². The summed E-state index contributed by atoms with van der Waals surface area (Å²) in [5.41, 5.74) is -0.0245. The number of urea groups is 1. The number of carbonyl (C=O) groups is 3. The highest BCUT2D eigenvalue weighted by Crippen LogP contribution is 2.22. The van der Waals surface area contributed by atoms with Gasteiger partial charge in [-0.05, 0) is 19.1 Å². The molecule has 0 saturated carbocycles. The molecule has 8 heteroatoms. The van der Waals surface area contributed by atoms with Gasteiger partial charge in [-0.3, -0.25) is 4.79 Å². The van der Waals surface area contributed by atoms with Crippen LogP contribution in [0, 0.1) is 0 Å². The molecule has 4 N–H and O–H groups in total. The average Bonchev–Trinajstić information content (AvgIpc) is 2.43. The first-order valence-corrected chi connectivity index (χ1v) is 6.21. The Hall–Kier alpha value is -2.77. The van der Waals surface area contributed by atoms with Gasteiger partial charge in [-0.1, -0.05) is 0 Å². The number of carboxylic acid groups (broad SMARTS) is 1. The fraction of sp³-hybridized carbons (Fsp3) is 0.308. The molecule has 0 aliphatic heterocycles. The summed E-state index contributed by atoms with van der Waals surface area (Å²) in [6.07, 6.45) is 0. The van der Waals surface area contributed by atoms with E-state index in [1.54, 1.807) is 6.92 Å². The van der Waals surface area contributed by atoms with E-state index in [2.05, 4.69) is 10.6 Å². The Labute approximate surface area is 121 Å². The first-order chi connectivity index (χ1) is 9.88. The van der Waals surface area contributed by atoms with Crippen LogP contribution in [0.1, 0.15) is 17.3 Å². The summed E-state index contributed by atoms with van der Waals surface area (Å²) >= 11 is 0. The Kier molecular flexibility index (Phi) is 5.53. The number of benzene rings is 1. The predicted molar refractivity (Wildman–Crippen MR) is 75.4 cm³/mol. The van der Waals surface area contributed by atoms with E-state index < -0.39 is 17.7 Å². The van der Waals surface area contributed by atoms with Gasteiger partial charge in [-0.25, -0.2) is 9.59 Å². The van der Waals surface area contributed by atoms with Crippen molar-refractivity contribution in [2.24, 2.45) is 0 Å². The first kappa shape index (κ1) is 16.3. The van der Waals surface area contributed by atoms with Crippen molar-refractivity contribution in [2.75, 3.05) is 25.5 Å². The van der Waals surface area contributed by atoms with Crippen LogP contribution in [0.3, 0.4) is 0 Å². The highest BCUT2D eigenvalue weighted by Gasteiger charge is 2.16. The quantitative estimate of drug-likeness (QED) is 0.637. The van der Waals surface area contributed by atoms with Crippen molar-refractivity contribution in [1.82, 2.24) is 10.2 Å². The number of nitrogens with one attached hydrogen (secondary N) is 2. The first-order valence-electron chi connectivity index (χ1n) is 6.21. The molecule has 0 bridgehead atoms. The van der Waals surface area contributed by atoms with Crippen LogP contribution in [0.5, 0.6) is 5.75 Å². The number of hydrogen-bond donors (Lipinski definition) is 4. The van der Waals surface area contributed by atoms with Gasteiger partial charge in [0.25, 0.3) is 0 Å². The second-order valence-electron chi connectivity index (χ2n) is 4.15. The number of carboxylic acids is 1. The molecule has 0 saturated heterocycles. The van der Waals surface area contributed by atoms with Gasteiger partial charge in [0, 0.05) is 25.3 Å². The maximum absolute atomic E-state index is 12.0. The molecular weight excluding hydrogens is 278 g/mol. The zero-order chi connectivity index (χ0) is 16.0. The van der Waals surface area contributed by atoms with Crippen molar-refractivity contribution in [1.29, 1.82) is 0 Å². The van der Waals surface area contributed by atoms with Gasteiger partial charge in [0.2, 0.25) is 5.91 Å². The monoisotopic (exact) mass is 295 g/mol. The van der Waals surface area contributed by atoms with Crippen LogP contribution in [0.25, 0.3) is 0 Å². The molecule has 0 heterocycles. The highest BCUT2D eigenvalue weighted by molar-refractivity contribution is 5.95. The Morgan fingerprint density at radius 3 is 2.43 bits per heavy atom. The summed E-state index contributed by atoms with van der Waals surface area (Å²) in [4.78, 5) is 35.3. The lowest BCUT2D eigenvalue weighted by atomic mass is 10.2. The SMILES string of the molecule is CCN(CC(=O)NC)C(=O)Nc1ccc(C(=O)O)c(O)c1. The van der Waals surface area contributed by atoms with Gasteiger partial charge in [-0.2, -0.15) is 0 Å². The minimum Gasteiger partial charge on any atom is -0.507 e. The van der Waals surface area contributed by atoms with Crippen LogP contribution >= 0.6 is 0 Å². The van der Waals surface area contributed by atoms with E-state index in [9.17, 15) is 19.5 Å². The fourth-order valence-corrected chi connectivity index (χ4v) is 1.57. The van der Waals surface area contributed by atoms with Gasteiger partial charge in [-0.15, -0.1) is 0 Å². The smallest absolute Gasteiger partial charge is 0.339 e. The number of anilines is 1. The molecule has 0 aromatic heterocycles. The molecule has 8 nitrogen and oxygen atoms in total. The van der Waals surface area contributed by atoms with Gasteiger partial charge in [0.15, 0.2) is 0 Å². The molecule has 0 spiro atoms. The molecule has 1 aromatic carbocycles. The molecular formula is C13H17N3O5. The Balaban J connectivity index is 2.80. The Bertz CT molecular complexity index is 559. The summed E-state index contributed by atoms with van der Waals surface area (Å²) in [5, 5.41) is 23.2. The Morgan fingerprint density at radius 1 is 1.29 bits per heavy atom. The van der Waals surface area contributed by atoms with Crippen molar-refractivity contribution in [3.63, 3.8) is 0 Å². The van der Waals surface area contributed by atoms with E-state index >= 15 is 0 Å². The maximum atomic E-state index is 12.0. The molecule has 1 rings (SSSR count). The summed E-state index contributed by atoms with van der Waals surface area (Å²) in [6, 6.07) is 3.15. The fourth-order valence-electron chi connectivity index (χ4n) is 1.57. The summed E-state index contributed by atoms with van der Waals surface area (Å²) in [5.74, 6) is -2.02. The van der Waals surface area contributed by atoms with E-state index in [0.717, 1.165) is 6.07 Å². The lowest BCUT2D eigenvalue weighted by Gasteiger charge is -2.20. The maximum Gasteiger partial charge on any atom is 0.339 e. The van der Waals surface area contributed by atoms with E-state index in [0.29, 0.717) is 6.54 Å². The number of rotatable bonds is 5. The molecule has 21 heavy (non-hydrogen) atoms. The third-order valence-corrected chi connectivity index (χ3v) is 2.76. The molecule has 0 aliphatic rings. The van der Waals surface area contributed by atoms with E-state index in [1.807, 2.05) is 0 Å². The van der Waals surface area contributed by atoms with Gasteiger partial charge in [0.1, 0.15) is 17.9 Å². The van der Waals surface area contributed by atoms with E-state index in [4.69, 9.17) is 5.11 Å². The zero-order valence-corrected chi connectivity index (χ0v) is 11.7. The number of aromatic carboxylic acids is 1. The van der Waals surface area contributed by atoms with Crippen LogP contribution in [-0.2, 0) is 4.79 Å². The number of likely N-dealkylation sites (N-methyl/N-ethyl adjacent to an activating group) is 2. The van der Waals surface area contributed by atoms with Crippen LogP contribution in [0.4, 0.5) is 10.5 Å². The minimum atomic E-state index is -1.26. The number of phenols is 1. The second-order valence-corrected chi connectivity index (χ2v) is 4.15. The van der Waals surface area contributed by atoms with Gasteiger partial charge < -0.3 is 25.7 Å². The number of aromatic hydroxyl groups is 1. The Morgan fingerprint density at radius 2 is 1.95 bits per heavy atom. The molecule has 0 unspecified atom stereocenters. The molecule has 0 aliphatic carbocycles. The lowest BCUT2D eigenvalue weighted by molar-refractivity contribution is -0.121. The standard InChI is InChI=1S/C13H17N3O5/c1-3-16(7-11(18)14-2)13(21)15-8-4-5-9(12(19)20)10(17)6-8/h4-6,17H,3,7H2,1-2H3,(H,14,18)(H,15,21)(H,19,20). The van der Waals surface area contributed by atoms with Gasteiger partial charge in [0.05, 0.1) is 0 Å². The number of hydrogen-bond acceptors (Lipinski definition) is 4. The van der Waals surface area contributed by atoms with Crippen LogP contribution < -0.4 is 10.6 Å².